The maximum atomic E-state index is 2.53. The number of hydrogen-bond acceptors (Lipinski definition) is 1. The zero-order valence-corrected chi connectivity index (χ0v) is 16.2. The van der Waals surface area contributed by atoms with Crippen LogP contribution >= 0.6 is 0 Å². The first-order valence-electron chi connectivity index (χ1n) is 7.97. The maximum absolute atomic E-state index is 2.53. The van der Waals surface area contributed by atoms with Crippen molar-refractivity contribution < 1.29 is 20.4 Å². The van der Waals surface area contributed by atoms with Crippen LogP contribution in [-0.2, 0) is 20.4 Å². The molecule has 0 heterocycles. The fourth-order valence-electron chi connectivity index (χ4n) is 3.40. The molecule has 0 aliphatic heterocycles. The molecule has 0 saturated heterocycles. The molecule has 0 spiro atoms. The van der Waals surface area contributed by atoms with Gasteiger partial charge in [0.2, 0.25) is 0 Å². The van der Waals surface area contributed by atoms with E-state index in [0.29, 0.717) is 17.8 Å². The Morgan fingerprint density at radius 2 is 1.55 bits per heavy atom. The summed E-state index contributed by atoms with van der Waals surface area (Å²) in [5.41, 5.74) is 4.94. The van der Waals surface area contributed by atoms with Crippen molar-refractivity contribution in [2.75, 3.05) is 20.6 Å². The molecule has 0 aromatic heterocycles. The van der Waals surface area contributed by atoms with Crippen LogP contribution in [0.2, 0.25) is 3.72 Å². The summed E-state index contributed by atoms with van der Waals surface area (Å²) in [5.74, 6) is 1.89. The van der Waals surface area contributed by atoms with E-state index in [-0.39, 0.29) is 3.72 Å². The molecule has 0 bridgehead atoms. The first-order valence-corrected chi connectivity index (χ1v) is 8.75. The fourth-order valence-corrected chi connectivity index (χ4v) is 4.82. The third kappa shape index (κ3) is 3.67. The van der Waals surface area contributed by atoms with E-state index in [1.807, 2.05) is 0 Å². The summed E-state index contributed by atoms with van der Waals surface area (Å²) in [4.78, 5) is 2.31. The first-order chi connectivity index (χ1) is 9.11. The van der Waals surface area contributed by atoms with Gasteiger partial charge in [0.15, 0.2) is 0 Å². The normalized spacial score (nSPS) is 23.6. The summed E-state index contributed by atoms with van der Waals surface area (Å²) in [6, 6.07) is 0. The van der Waals surface area contributed by atoms with Crippen LogP contribution in [0.3, 0.4) is 0 Å². The Morgan fingerprint density at radius 3 is 1.90 bits per heavy atom. The molecular weight excluding hydrogens is 278 g/mol. The monoisotopic (exact) mass is 310 g/mol. The zero-order chi connectivity index (χ0) is 15.7. The van der Waals surface area contributed by atoms with Gasteiger partial charge in [0.1, 0.15) is 0 Å². The van der Waals surface area contributed by atoms with Gasteiger partial charge in [-0.05, 0) is 0 Å². The van der Waals surface area contributed by atoms with E-state index in [1.165, 1.54) is 6.42 Å². The van der Waals surface area contributed by atoms with Gasteiger partial charge in [-0.3, -0.25) is 0 Å². The van der Waals surface area contributed by atoms with Crippen molar-refractivity contribution >= 4 is 0 Å². The molecule has 1 unspecified atom stereocenters. The summed E-state index contributed by atoms with van der Waals surface area (Å²) in [7, 11) is 4.36. The number of hydrogen-bond donors (Lipinski definition) is 0. The fraction of sp³-hybridized carbons (Fsp3) is 0.778. The van der Waals surface area contributed by atoms with Crippen molar-refractivity contribution in [3.63, 3.8) is 0 Å². The predicted molar refractivity (Wildman–Crippen MR) is 85.5 cm³/mol. The van der Waals surface area contributed by atoms with E-state index in [4.69, 9.17) is 0 Å². The second-order valence-corrected chi connectivity index (χ2v) is 8.72. The summed E-state index contributed by atoms with van der Waals surface area (Å²) in [6.45, 7) is 15.3. The van der Waals surface area contributed by atoms with Gasteiger partial charge in [-0.25, -0.2) is 0 Å². The minimum absolute atomic E-state index is 0.256. The summed E-state index contributed by atoms with van der Waals surface area (Å²) < 4.78 is 0.256. The number of allylic oxidation sites excluding steroid dienone is 4. The Bertz CT molecular complexity index is 402. The Labute approximate surface area is 138 Å². The molecule has 1 rings (SSSR count). The quantitative estimate of drug-likeness (QED) is 0.634. The molecule has 0 fully saturated rings. The van der Waals surface area contributed by atoms with Crippen molar-refractivity contribution in [2.24, 2.45) is 17.8 Å². The minimum atomic E-state index is 0.256. The van der Waals surface area contributed by atoms with Gasteiger partial charge < -0.3 is 0 Å². The molecule has 1 aliphatic rings. The molecular formula is C18H32NTi. The van der Waals surface area contributed by atoms with Crippen LogP contribution in [0.1, 0.15) is 48.0 Å². The van der Waals surface area contributed by atoms with Crippen LogP contribution in [-0.4, -0.2) is 25.5 Å². The molecule has 1 atom stereocenters. The molecule has 0 aromatic rings. The van der Waals surface area contributed by atoms with Crippen molar-refractivity contribution in [1.82, 2.24) is 4.90 Å². The molecule has 113 valence electrons. The standard InChI is InChI=1S/C18H32N.Ti/c1-12(2)16-11-17(13(3)4)18(14(5)6)15(16)9-10-19(7)8;/h11-14H,9-10H2,1-8H3;. The topological polar surface area (TPSA) is 3.24 Å². The molecule has 20 heavy (non-hydrogen) atoms. The van der Waals surface area contributed by atoms with E-state index in [2.05, 4.69) is 87.0 Å². The van der Waals surface area contributed by atoms with Crippen LogP contribution in [0.5, 0.6) is 0 Å². The van der Waals surface area contributed by atoms with Crippen molar-refractivity contribution in [3.8, 4) is 0 Å². The number of rotatable bonds is 6. The number of nitrogens with zero attached hydrogens (tertiary/aromatic N) is 1. The molecule has 0 amide bonds. The van der Waals surface area contributed by atoms with Crippen molar-refractivity contribution in [3.05, 3.63) is 22.8 Å². The van der Waals surface area contributed by atoms with E-state index in [1.54, 1.807) is 16.7 Å². The summed E-state index contributed by atoms with van der Waals surface area (Å²) >= 11 is 2.48. The Hall–Kier alpha value is 0.154. The second-order valence-electron chi connectivity index (χ2n) is 7.39. The summed E-state index contributed by atoms with van der Waals surface area (Å²) in [5, 5.41) is 0. The SMILES string of the molecule is CC(C)C1=CC(C(C)C)=C(C(C)C)[C]1([Ti])CCN(C)C. The third-order valence-corrected chi connectivity index (χ3v) is 5.59. The van der Waals surface area contributed by atoms with Gasteiger partial charge in [-0.1, -0.05) is 0 Å². The van der Waals surface area contributed by atoms with E-state index in [9.17, 15) is 0 Å². The van der Waals surface area contributed by atoms with Crippen LogP contribution in [0, 0.1) is 17.8 Å². The third-order valence-electron chi connectivity index (χ3n) is 4.33. The molecule has 0 saturated carbocycles. The van der Waals surface area contributed by atoms with Crippen LogP contribution in [0.25, 0.3) is 0 Å². The molecule has 1 aliphatic carbocycles. The Kier molecular flexibility index (Phi) is 6.32. The van der Waals surface area contributed by atoms with Gasteiger partial charge >= 0.3 is 138 Å². The van der Waals surface area contributed by atoms with Gasteiger partial charge in [0, 0.05) is 0 Å². The summed E-state index contributed by atoms with van der Waals surface area (Å²) in [6.07, 6.45) is 3.76. The predicted octanol–water partition coefficient (Wildman–Crippen LogP) is 4.85. The molecule has 2 heteroatoms. The average Bonchev–Trinajstić information content (AvgIpc) is 2.61. The zero-order valence-electron chi connectivity index (χ0n) is 14.7. The Balaban J connectivity index is 3.28. The molecule has 1 nitrogen and oxygen atoms in total. The molecule has 0 aromatic carbocycles. The van der Waals surface area contributed by atoms with Crippen LogP contribution < -0.4 is 0 Å². The second kappa shape index (κ2) is 6.94. The van der Waals surface area contributed by atoms with E-state index >= 15 is 0 Å². The van der Waals surface area contributed by atoms with Gasteiger partial charge in [0.25, 0.3) is 0 Å². The Morgan fingerprint density at radius 1 is 1.00 bits per heavy atom. The van der Waals surface area contributed by atoms with E-state index < -0.39 is 0 Å². The first kappa shape index (κ1) is 18.2. The van der Waals surface area contributed by atoms with Crippen molar-refractivity contribution in [2.45, 2.75) is 51.7 Å². The van der Waals surface area contributed by atoms with Crippen LogP contribution in [0.15, 0.2) is 22.8 Å². The molecule has 0 radical (unpaired) electrons. The van der Waals surface area contributed by atoms with Gasteiger partial charge in [-0.2, -0.15) is 0 Å². The van der Waals surface area contributed by atoms with E-state index in [0.717, 1.165) is 6.54 Å². The average molecular weight is 310 g/mol. The van der Waals surface area contributed by atoms with Crippen molar-refractivity contribution in [1.29, 1.82) is 0 Å². The van der Waals surface area contributed by atoms with Gasteiger partial charge in [0.05, 0.1) is 0 Å². The van der Waals surface area contributed by atoms with Crippen LogP contribution in [0.4, 0.5) is 0 Å². The van der Waals surface area contributed by atoms with Gasteiger partial charge in [-0.15, -0.1) is 0 Å². The molecule has 0 N–H and O–H groups in total.